The molecule has 2 amide bonds. The van der Waals surface area contributed by atoms with Gasteiger partial charge in [-0.05, 0) is 60.6 Å². The topological polar surface area (TPSA) is 122 Å². The molecule has 30 heavy (non-hydrogen) atoms. The molecule has 2 aromatic rings. The van der Waals surface area contributed by atoms with Crippen molar-refractivity contribution in [2.75, 3.05) is 12.0 Å². The summed E-state index contributed by atoms with van der Waals surface area (Å²) in [4.78, 5) is 37.1. The van der Waals surface area contributed by atoms with Gasteiger partial charge in [0.25, 0.3) is 11.8 Å². The summed E-state index contributed by atoms with van der Waals surface area (Å²) in [6, 6.07) is 7.50. The van der Waals surface area contributed by atoms with Crippen LogP contribution < -0.4 is 15.0 Å². The number of carbonyl (C=O) groups is 2. The molecule has 154 valence electrons. The molecule has 11 heteroatoms. The Morgan fingerprint density at radius 1 is 1.30 bits per heavy atom. The van der Waals surface area contributed by atoms with Crippen LogP contribution in [0.25, 0.3) is 6.08 Å². The summed E-state index contributed by atoms with van der Waals surface area (Å²) in [7, 11) is 1.23. The molecule has 1 aliphatic heterocycles. The van der Waals surface area contributed by atoms with Crippen molar-refractivity contribution in [3.8, 4) is 11.5 Å². The second kappa shape index (κ2) is 8.20. The average molecular weight is 492 g/mol. The number of benzene rings is 2. The highest BCUT2D eigenvalue weighted by atomic mass is 79.9. The van der Waals surface area contributed by atoms with Crippen LogP contribution in [0.15, 0.2) is 40.4 Å². The minimum absolute atomic E-state index is 0.0816. The molecule has 0 saturated carbocycles. The number of phenolic OH excluding ortho intramolecular Hbond substituents is 1. The lowest BCUT2D eigenvalue weighted by atomic mass is 10.0. The summed E-state index contributed by atoms with van der Waals surface area (Å²) in [5.41, 5.74) is 0.426. The highest BCUT2D eigenvalue weighted by Crippen LogP contribution is 2.37. The summed E-state index contributed by atoms with van der Waals surface area (Å²) in [6.07, 6.45) is 1.18. The third-order valence-corrected chi connectivity index (χ3v) is 5.08. The standard InChI is InChI=1S/C19H14BrN3O6S/c1-9-5-11(20)3-4-13(9)22-18(26)12(17(25)21-19(22)30)6-10-7-14(23(27)28)16(24)15(8-10)29-2/h3-8,24H,1-2H3,(H,21,25,30)/b12-6+. The fourth-order valence-electron chi connectivity index (χ4n) is 2.90. The lowest BCUT2D eigenvalue weighted by molar-refractivity contribution is -0.386. The van der Waals surface area contributed by atoms with Crippen molar-refractivity contribution in [1.29, 1.82) is 0 Å². The van der Waals surface area contributed by atoms with Crippen LogP contribution in [-0.4, -0.2) is 34.1 Å². The predicted octanol–water partition coefficient (Wildman–Crippen LogP) is 3.21. The number of hydrogen-bond donors (Lipinski definition) is 2. The van der Waals surface area contributed by atoms with Crippen molar-refractivity contribution in [3.05, 3.63) is 61.6 Å². The maximum atomic E-state index is 13.1. The van der Waals surface area contributed by atoms with Gasteiger partial charge in [-0.3, -0.25) is 29.9 Å². The largest absolute Gasteiger partial charge is 0.500 e. The molecule has 0 spiro atoms. The van der Waals surface area contributed by atoms with E-state index in [4.69, 9.17) is 17.0 Å². The number of halogens is 1. The first-order chi connectivity index (χ1) is 14.1. The van der Waals surface area contributed by atoms with Gasteiger partial charge in [0, 0.05) is 10.5 Å². The van der Waals surface area contributed by atoms with Crippen molar-refractivity contribution in [1.82, 2.24) is 5.32 Å². The van der Waals surface area contributed by atoms with Gasteiger partial charge in [0.2, 0.25) is 5.75 Å². The fourth-order valence-corrected chi connectivity index (χ4v) is 3.65. The Bertz CT molecular complexity index is 1150. The molecular weight excluding hydrogens is 478 g/mol. The zero-order valence-electron chi connectivity index (χ0n) is 15.6. The Morgan fingerprint density at radius 3 is 2.60 bits per heavy atom. The normalized spacial score (nSPS) is 15.4. The monoisotopic (exact) mass is 491 g/mol. The number of thiocarbonyl (C=S) groups is 1. The van der Waals surface area contributed by atoms with Gasteiger partial charge in [0.05, 0.1) is 17.7 Å². The Morgan fingerprint density at radius 2 is 2.00 bits per heavy atom. The van der Waals surface area contributed by atoms with Gasteiger partial charge >= 0.3 is 5.69 Å². The van der Waals surface area contributed by atoms with Gasteiger partial charge < -0.3 is 9.84 Å². The minimum atomic E-state index is -0.796. The maximum Gasteiger partial charge on any atom is 0.315 e. The summed E-state index contributed by atoms with van der Waals surface area (Å²) in [5, 5.41) is 23.5. The lowest BCUT2D eigenvalue weighted by Gasteiger charge is -2.30. The quantitative estimate of drug-likeness (QED) is 0.221. The van der Waals surface area contributed by atoms with Crippen molar-refractivity contribution in [3.63, 3.8) is 0 Å². The van der Waals surface area contributed by atoms with E-state index in [2.05, 4.69) is 21.2 Å². The van der Waals surface area contributed by atoms with E-state index in [1.807, 2.05) is 0 Å². The number of carbonyl (C=O) groups excluding carboxylic acids is 2. The molecule has 1 saturated heterocycles. The van der Waals surface area contributed by atoms with Gasteiger partial charge in [-0.2, -0.15) is 0 Å². The first kappa shape index (κ1) is 21.4. The molecule has 0 bridgehead atoms. The summed E-state index contributed by atoms with van der Waals surface area (Å²) >= 11 is 8.53. The van der Waals surface area contributed by atoms with Crippen LogP contribution in [0.3, 0.4) is 0 Å². The van der Waals surface area contributed by atoms with Crippen molar-refractivity contribution >= 4 is 62.5 Å². The van der Waals surface area contributed by atoms with Crippen LogP contribution in [0.2, 0.25) is 0 Å². The molecule has 3 rings (SSSR count). The number of aromatic hydroxyl groups is 1. The number of aryl methyl sites for hydroxylation is 1. The van der Waals surface area contributed by atoms with Gasteiger partial charge in [0.15, 0.2) is 10.9 Å². The molecule has 0 unspecified atom stereocenters. The first-order valence-electron chi connectivity index (χ1n) is 8.37. The summed E-state index contributed by atoms with van der Waals surface area (Å²) < 4.78 is 5.76. The fraction of sp³-hybridized carbons (Fsp3) is 0.105. The van der Waals surface area contributed by atoms with Crippen LogP contribution in [0.4, 0.5) is 11.4 Å². The minimum Gasteiger partial charge on any atom is -0.500 e. The van der Waals surface area contributed by atoms with E-state index in [0.29, 0.717) is 5.69 Å². The van der Waals surface area contributed by atoms with Gasteiger partial charge in [-0.25, -0.2) is 0 Å². The van der Waals surface area contributed by atoms with Gasteiger partial charge in [0.1, 0.15) is 5.57 Å². The third kappa shape index (κ3) is 3.89. The number of nitro groups is 1. The van der Waals surface area contributed by atoms with Crippen LogP contribution in [0, 0.1) is 17.0 Å². The van der Waals surface area contributed by atoms with Gasteiger partial charge in [-0.15, -0.1) is 0 Å². The zero-order valence-corrected chi connectivity index (χ0v) is 18.0. The SMILES string of the molecule is COc1cc(/C=C2\C(=O)NC(=S)N(c3ccc(Br)cc3C)C2=O)cc([N+](=O)[O-])c1O. The molecule has 0 aliphatic carbocycles. The van der Waals surface area contributed by atoms with Crippen LogP contribution >= 0.6 is 28.1 Å². The molecule has 0 radical (unpaired) electrons. The zero-order chi connectivity index (χ0) is 22.2. The number of amides is 2. The van der Waals surface area contributed by atoms with E-state index in [1.54, 1.807) is 25.1 Å². The molecule has 0 atom stereocenters. The number of nitrogens with zero attached hydrogens (tertiary/aromatic N) is 2. The van der Waals surface area contributed by atoms with E-state index in [1.165, 1.54) is 24.2 Å². The van der Waals surface area contributed by atoms with E-state index in [-0.39, 0.29) is 22.0 Å². The lowest BCUT2D eigenvalue weighted by Crippen LogP contribution is -2.54. The Balaban J connectivity index is 2.11. The number of phenols is 1. The second-order valence-electron chi connectivity index (χ2n) is 6.24. The van der Waals surface area contributed by atoms with Gasteiger partial charge in [-0.1, -0.05) is 15.9 Å². The van der Waals surface area contributed by atoms with Crippen molar-refractivity contribution < 1.29 is 24.4 Å². The summed E-state index contributed by atoms with van der Waals surface area (Å²) in [5.74, 6) is -2.26. The highest BCUT2D eigenvalue weighted by molar-refractivity contribution is 9.10. The molecule has 0 aromatic heterocycles. The highest BCUT2D eigenvalue weighted by Gasteiger charge is 2.35. The number of ether oxygens (including phenoxy) is 1. The van der Waals surface area contributed by atoms with E-state index < -0.39 is 28.2 Å². The molecule has 1 heterocycles. The van der Waals surface area contributed by atoms with Crippen LogP contribution in [0.5, 0.6) is 11.5 Å². The molecule has 9 nitrogen and oxygen atoms in total. The van der Waals surface area contributed by atoms with E-state index >= 15 is 0 Å². The molecule has 2 aromatic carbocycles. The maximum absolute atomic E-state index is 13.1. The number of rotatable bonds is 4. The van der Waals surface area contributed by atoms with E-state index in [9.17, 15) is 24.8 Å². The molecule has 2 N–H and O–H groups in total. The number of methoxy groups -OCH3 is 1. The number of nitrogens with one attached hydrogen (secondary N) is 1. The smallest absolute Gasteiger partial charge is 0.315 e. The molecule has 1 aliphatic rings. The van der Waals surface area contributed by atoms with Crippen molar-refractivity contribution in [2.45, 2.75) is 6.92 Å². The third-order valence-electron chi connectivity index (χ3n) is 4.31. The summed E-state index contributed by atoms with van der Waals surface area (Å²) in [6.45, 7) is 1.78. The van der Waals surface area contributed by atoms with Crippen molar-refractivity contribution in [2.24, 2.45) is 0 Å². The van der Waals surface area contributed by atoms with Crippen LogP contribution in [-0.2, 0) is 9.59 Å². The Labute approximate surface area is 184 Å². The number of anilines is 1. The molecular formula is C19H14BrN3O6S. The molecule has 1 fully saturated rings. The first-order valence-corrected chi connectivity index (χ1v) is 9.57. The number of hydrogen-bond acceptors (Lipinski definition) is 7. The average Bonchev–Trinajstić information content (AvgIpc) is 2.67. The van der Waals surface area contributed by atoms with Crippen LogP contribution in [0.1, 0.15) is 11.1 Å². The second-order valence-corrected chi connectivity index (χ2v) is 7.54. The predicted molar refractivity (Wildman–Crippen MR) is 116 cm³/mol. The Hall–Kier alpha value is -3.31. The Kier molecular flexibility index (Phi) is 5.85. The van der Waals surface area contributed by atoms with E-state index in [0.717, 1.165) is 16.1 Å². The number of nitro benzene ring substituents is 1.